The molecule has 0 unspecified atom stereocenters. The van der Waals surface area contributed by atoms with Gasteiger partial charge in [0.15, 0.2) is 6.29 Å². The van der Waals surface area contributed by atoms with Crippen LogP contribution in [0.1, 0.15) is 50.7 Å². The van der Waals surface area contributed by atoms with Crippen LogP contribution in [0.15, 0.2) is 71.3 Å². The fraction of sp³-hybridized carbons (Fsp3) is 0.439. The van der Waals surface area contributed by atoms with Crippen LogP contribution in [0, 0.1) is 0 Å². The third-order valence-corrected chi connectivity index (χ3v) is 10.1. The van der Waals surface area contributed by atoms with E-state index >= 15 is 0 Å². The second-order valence-corrected chi connectivity index (χ2v) is 13.6. The lowest BCUT2D eigenvalue weighted by Gasteiger charge is -2.42. The maximum atomic E-state index is 13.8. The average Bonchev–Trinajstić information content (AvgIpc) is 3.66. The number of carbonyl (C=O) groups is 2. The predicted octanol–water partition coefficient (Wildman–Crippen LogP) is -0.224. The maximum Gasteiger partial charge on any atom is 0.338 e. The van der Waals surface area contributed by atoms with Crippen molar-refractivity contribution in [2.45, 2.75) is 78.4 Å². The van der Waals surface area contributed by atoms with Crippen molar-refractivity contribution < 1.29 is 55.9 Å². The Morgan fingerprint density at radius 1 is 0.982 bits per heavy atom. The molecule has 306 valence electrons. The predicted molar refractivity (Wildman–Crippen MR) is 209 cm³/mol. The molecule has 16 heteroatoms. The molecule has 4 N–H and O–H groups in total. The number of rotatable bonds is 15. The summed E-state index contributed by atoms with van der Waals surface area (Å²) in [6.07, 6.45) is -3.54. The zero-order valence-electron chi connectivity index (χ0n) is 32.8. The zero-order valence-corrected chi connectivity index (χ0v) is 33.6. The highest BCUT2D eigenvalue weighted by molar-refractivity contribution is 6.08. The van der Waals surface area contributed by atoms with Gasteiger partial charge in [-0.15, -0.1) is 5.10 Å². The first-order valence-corrected chi connectivity index (χ1v) is 19.1. The molecular formula is C41H51ClN6O9. The number of fused-ring (bicyclic) bond motifs is 2. The van der Waals surface area contributed by atoms with Crippen molar-refractivity contribution in [2.75, 3.05) is 44.3 Å². The minimum Gasteiger partial charge on any atom is -1.00 e. The Morgan fingerprint density at radius 2 is 1.74 bits per heavy atom. The van der Waals surface area contributed by atoms with Crippen LogP contribution in [0.5, 0.6) is 0 Å². The Labute approximate surface area is 337 Å². The Morgan fingerprint density at radius 3 is 2.44 bits per heavy atom. The van der Waals surface area contributed by atoms with Crippen LogP contribution in [-0.2, 0) is 32.2 Å². The summed E-state index contributed by atoms with van der Waals surface area (Å²) >= 11 is 0. The van der Waals surface area contributed by atoms with Gasteiger partial charge in [-0.25, -0.2) is 14.1 Å². The Bertz CT molecular complexity index is 2180. The molecule has 0 saturated carbocycles. The average molecular weight is 807 g/mol. The summed E-state index contributed by atoms with van der Waals surface area (Å²) in [5, 5.41) is 43.0. The molecule has 3 heterocycles. The molecule has 2 aliphatic heterocycles. The molecule has 57 heavy (non-hydrogen) atoms. The number of hydrogen-bond donors (Lipinski definition) is 4. The molecule has 1 fully saturated rings. The number of nitrogens with zero attached hydrogens (tertiary/aromatic N) is 5. The number of esters is 1. The minimum atomic E-state index is -1.43. The summed E-state index contributed by atoms with van der Waals surface area (Å²) in [6, 6.07) is 18.8. The van der Waals surface area contributed by atoms with E-state index in [1.54, 1.807) is 12.3 Å². The molecule has 6 rings (SSSR count). The second kappa shape index (κ2) is 19.5. The van der Waals surface area contributed by atoms with E-state index in [0.29, 0.717) is 22.6 Å². The van der Waals surface area contributed by atoms with Gasteiger partial charge in [0.2, 0.25) is 11.3 Å². The molecule has 3 aromatic rings. The van der Waals surface area contributed by atoms with Crippen LogP contribution in [0.4, 0.5) is 5.69 Å². The van der Waals surface area contributed by atoms with Crippen LogP contribution in [0.3, 0.4) is 0 Å². The Balaban J connectivity index is 0.00000620. The first-order chi connectivity index (χ1) is 27.1. The van der Waals surface area contributed by atoms with E-state index in [-0.39, 0.29) is 32.2 Å². The molecule has 0 radical (unpaired) electrons. The van der Waals surface area contributed by atoms with Gasteiger partial charge in [-0.2, -0.15) is 0 Å². The van der Waals surface area contributed by atoms with Crippen molar-refractivity contribution in [3.8, 4) is 22.5 Å². The van der Waals surface area contributed by atoms with Gasteiger partial charge >= 0.3 is 5.97 Å². The highest BCUT2D eigenvalue weighted by atomic mass is 35.5. The molecule has 1 saturated heterocycles. The zero-order chi connectivity index (χ0) is 39.9. The molecule has 15 nitrogen and oxygen atoms in total. The second-order valence-electron chi connectivity index (χ2n) is 13.6. The van der Waals surface area contributed by atoms with Gasteiger partial charge in [0.05, 0.1) is 37.6 Å². The van der Waals surface area contributed by atoms with Crippen LogP contribution < -0.4 is 32.6 Å². The van der Waals surface area contributed by atoms with Gasteiger partial charge in [0.1, 0.15) is 61.1 Å². The van der Waals surface area contributed by atoms with Gasteiger partial charge < -0.3 is 56.6 Å². The van der Waals surface area contributed by atoms with Crippen molar-refractivity contribution in [3.63, 3.8) is 0 Å². The van der Waals surface area contributed by atoms with Crippen LogP contribution in [0.25, 0.3) is 33.4 Å². The first kappa shape index (κ1) is 43.2. The van der Waals surface area contributed by atoms with E-state index in [1.807, 2.05) is 18.2 Å². The maximum absolute atomic E-state index is 13.8. The number of ether oxygens (including phenoxy) is 3. The number of hydrogen-bond acceptors (Lipinski definition) is 12. The van der Waals surface area contributed by atoms with Gasteiger partial charge in [0.25, 0.3) is 0 Å². The number of aliphatic hydroxyl groups excluding tert-OH is 3. The van der Waals surface area contributed by atoms with Crippen molar-refractivity contribution in [2.24, 2.45) is 0 Å². The highest BCUT2D eigenvalue weighted by Crippen LogP contribution is 2.42. The number of aromatic nitrogens is 3. The topological polar surface area (TPSA) is 185 Å². The minimum absolute atomic E-state index is 0. The normalized spacial score (nSPS) is 19.3. The van der Waals surface area contributed by atoms with E-state index in [0.717, 1.165) is 59.3 Å². The van der Waals surface area contributed by atoms with Gasteiger partial charge in [-0.1, -0.05) is 23.4 Å². The van der Waals surface area contributed by atoms with Crippen molar-refractivity contribution in [3.05, 3.63) is 83.5 Å². The molecule has 3 aliphatic rings. The molecule has 1 aromatic heterocycles. The van der Waals surface area contributed by atoms with E-state index in [9.17, 15) is 24.9 Å². The molecule has 2 aromatic carbocycles. The van der Waals surface area contributed by atoms with E-state index in [4.69, 9.17) is 18.6 Å². The summed E-state index contributed by atoms with van der Waals surface area (Å²) in [5.74, 6) is -0.243. The van der Waals surface area contributed by atoms with E-state index in [1.165, 1.54) is 11.6 Å². The van der Waals surface area contributed by atoms with Crippen molar-refractivity contribution >= 4 is 28.5 Å². The van der Waals surface area contributed by atoms with Crippen LogP contribution >= 0.6 is 0 Å². The number of aliphatic hydroxyl groups is 3. The number of nitrogens with one attached hydrogen (secondary N) is 1. The summed E-state index contributed by atoms with van der Waals surface area (Å²) < 4.78 is 27.6. The van der Waals surface area contributed by atoms with Crippen molar-refractivity contribution in [1.82, 2.24) is 24.9 Å². The monoisotopic (exact) mass is 806 g/mol. The lowest BCUT2D eigenvalue weighted by molar-refractivity contribution is -0.273. The smallest absolute Gasteiger partial charge is 0.338 e. The third-order valence-electron chi connectivity index (χ3n) is 10.1. The number of benzene rings is 3. The SMILES string of the molecule is CCN(CC)c1ccc2c(-c3ccccc3C(=O)OCCn3cc(CO[C@H]4O[C@H](CO)[C@@H](O)[C@H](O)[C@H]4NC(C)=O)nn3)c3ccc(=[N+](CC)CC)cc-3oc2c1.[Cl-]. The molecule has 5 atom stereocenters. The lowest BCUT2D eigenvalue weighted by Crippen LogP contribution is -3.00. The third kappa shape index (κ3) is 9.46. The molecule has 1 aliphatic carbocycles. The van der Waals surface area contributed by atoms with Gasteiger partial charge in [0, 0.05) is 54.3 Å². The van der Waals surface area contributed by atoms with Gasteiger partial charge in [-0.05, 0) is 57.5 Å². The standard InChI is InChI=1S/C41H50N6O9.ClH/c1-6-45(7-2)27-14-16-31-33(20-27)55-34-21-28(46(8-3)9-4)15-17-32(34)36(31)29-12-10-11-13-30(29)40(52)53-19-18-47-22-26(43-44-47)24-54-41-37(42-25(5)49)39(51)38(50)35(23-48)56-41;/h10-17,20-22,35,37-39,41,48,50-51H,6-9,18-19,23-24H2,1-5H3;1H/t35-,37-,38-,39-,41+;/m1./s1. The quantitative estimate of drug-likeness (QED) is 0.0621. The van der Waals surface area contributed by atoms with E-state index < -0.39 is 49.1 Å². The Kier molecular flexibility index (Phi) is 14.8. The summed E-state index contributed by atoms with van der Waals surface area (Å²) in [4.78, 5) is 27.8. The number of carbonyl (C=O) groups excluding carboxylic acids is 2. The first-order valence-electron chi connectivity index (χ1n) is 19.1. The van der Waals surface area contributed by atoms with Crippen LogP contribution in [-0.4, -0.2) is 112 Å². The van der Waals surface area contributed by atoms with Crippen molar-refractivity contribution in [1.29, 1.82) is 0 Å². The van der Waals surface area contributed by atoms with Crippen LogP contribution in [0.2, 0.25) is 0 Å². The molecule has 0 bridgehead atoms. The summed E-state index contributed by atoms with van der Waals surface area (Å²) in [6.45, 7) is 12.7. The lowest BCUT2D eigenvalue weighted by atomic mass is 9.90. The van der Waals surface area contributed by atoms with Gasteiger partial charge in [-0.3, -0.25) is 4.79 Å². The molecular weight excluding hydrogens is 756 g/mol. The number of amides is 1. The highest BCUT2D eigenvalue weighted by Gasteiger charge is 2.45. The van der Waals surface area contributed by atoms with E-state index in [2.05, 4.69) is 89.2 Å². The molecule has 0 spiro atoms. The number of anilines is 1. The fourth-order valence-electron chi connectivity index (χ4n) is 7.21. The molecule has 1 amide bonds. The Hall–Kier alpha value is -4.90. The fourth-order valence-corrected chi connectivity index (χ4v) is 7.21. The largest absolute Gasteiger partial charge is 1.00 e. The number of halogens is 1. The summed E-state index contributed by atoms with van der Waals surface area (Å²) in [5.41, 5.74) is 5.04. The summed E-state index contributed by atoms with van der Waals surface area (Å²) in [7, 11) is 0.